The number of aromatic hydroxyl groups is 1. The van der Waals surface area contributed by atoms with E-state index in [1.807, 2.05) is 66.8 Å². The van der Waals surface area contributed by atoms with Crippen molar-refractivity contribution in [3.05, 3.63) is 88.5 Å². The summed E-state index contributed by atoms with van der Waals surface area (Å²) in [4.78, 5) is 12.8. The first-order valence-corrected chi connectivity index (χ1v) is 11.5. The highest BCUT2D eigenvalue weighted by molar-refractivity contribution is 14.1. The number of carbonyl (C=O) groups is 1. The molecule has 0 saturated carbocycles. The Morgan fingerprint density at radius 1 is 1.13 bits per heavy atom. The normalized spacial score (nSPS) is 11.6. The molecule has 0 fully saturated rings. The van der Waals surface area contributed by atoms with E-state index in [4.69, 9.17) is 11.6 Å². The molecule has 3 aromatic carbocycles. The van der Waals surface area contributed by atoms with Crippen molar-refractivity contribution in [1.29, 1.82) is 5.26 Å². The van der Waals surface area contributed by atoms with Crippen LogP contribution in [0.5, 0.6) is 5.75 Å². The number of phenols is 1. The lowest BCUT2D eigenvalue weighted by molar-refractivity contribution is 0.102. The van der Waals surface area contributed by atoms with Crippen molar-refractivity contribution in [3.8, 4) is 11.8 Å². The smallest absolute Gasteiger partial charge is 0.259 e. The Morgan fingerprint density at radius 3 is 2.43 bits per heavy atom. The summed E-state index contributed by atoms with van der Waals surface area (Å²) < 4.78 is 1.45. The maximum absolute atomic E-state index is 12.8. The third-order valence-corrected chi connectivity index (χ3v) is 6.49. The summed E-state index contributed by atoms with van der Waals surface area (Å²) in [5.41, 5.74) is 4.16. The first-order chi connectivity index (χ1) is 14.2. The summed E-state index contributed by atoms with van der Waals surface area (Å²) in [6.07, 6.45) is 0. The number of hydrogen-bond acceptors (Lipinski definition) is 3. The molecule has 0 bridgehead atoms. The summed E-state index contributed by atoms with van der Waals surface area (Å²) in [5.74, 6) is -0.994. The van der Waals surface area contributed by atoms with Crippen LogP contribution in [0.25, 0.3) is 0 Å². The first kappa shape index (κ1) is 22.8. The standard InChI is InChI=1S/C23H17ClI2N2O2/c1-12-3-5-14(6-4-12)18(11-27)16-7-13(2)21(10-19(16)24)28-23(30)17-8-15(25)9-20(26)22(17)29/h3-10,18,29H,1-2H3,(H,28,30). The summed E-state index contributed by atoms with van der Waals surface area (Å²) in [6, 6.07) is 17.0. The van der Waals surface area contributed by atoms with Crippen molar-refractivity contribution >= 4 is 68.4 Å². The lowest BCUT2D eigenvalue weighted by Crippen LogP contribution is -2.14. The molecule has 30 heavy (non-hydrogen) atoms. The van der Waals surface area contributed by atoms with Crippen molar-refractivity contribution in [2.75, 3.05) is 5.32 Å². The topological polar surface area (TPSA) is 73.1 Å². The number of amides is 1. The number of benzene rings is 3. The van der Waals surface area contributed by atoms with E-state index in [0.717, 1.165) is 20.3 Å². The Labute approximate surface area is 207 Å². The van der Waals surface area contributed by atoms with Crippen molar-refractivity contribution in [3.63, 3.8) is 0 Å². The van der Waals surface area contributed by atoms with Gasteiger partial charge in [0.25, 0.3) is 5.91 Å². The highest BCUT2D eigenvalue weighted by Crippen LogP contribution is 2.35. The minimum Gasteiger partial charge on any atom is -0.506 e. The van der Waals surface area contributed by atoms with Crippen LogP contribution in [0, 0.1) is 32.3 Å². The molecule has 1 amide bonds. The number of carbonyl (C=O) groups excluding carboxylic acids is 1. The fraction of sp³-hybridized carbons (Fsp3) is 0.130. The first-order valence-electron chi connectivity index (χ1n) is 8.97. The molecule has 0 spiro atoms. The molecular formula is C23H17ClI2N2O2. The van der Waals surface area contributed by atoms with Crippen molar-refractivity contribution < 1.29 is 9.90 Å². The Morgan fingerprint density at radius 2 is 1.80 bits per heavy atom. The van der Waals surface area contributed by atoms with Gasteiger partial charge in [-0.1, -0.05) is 47.5 Å². The number of nitriles is 1. The number of anilines is 1. The second kappa shape index (κ2) is 9.54. The zero-order valence-corrected chi connectivity index (χ0v) is 21.2. The molecule has 0 radical (unpaired) electrons. The molecule has 0 heterocycles. The van der Waals surface area contributed by atoms with Gasteiger partial charge in [-0.15, -0.1) is 0 Å². The van der Waals surface area contributed by atoms with Crippen LogP contribution in [0.2, 0.25) is 5.02 Å². The minimum atomic E-state index is -0.511. The molecule has 0 aromatic heterocycles. The highest BCUT2D eigenvalue weighted by atomic mass is 127. The third kappa shape index (κ3) is 4.90. The van der Waals surface area contributed by atoms with E-state index in [1.165, 1.54) is 0 Å². The Balaban J connectivity index is 1.94. The number of hydrogen-bond donors (Lipinski definition) is 2. The SMILES string of the molecule is Cc1ccc(C(C#N)c2cc(C)c(NC(=O)c3cc(I)cc(I)c3O)cc2Cl)cc1. The number of nitrogens with one attached hydrogen (secondary N) is 1. The summed E-state index contributed by atoms with van der Waals surface area (Å²) in [6.45, 7) is 3.84. The molecule has 1 atom stereocenters. The van der Waals surface area contributed by atoms with Gasteiger partial charge in [0, 0.05) is 14.3 Å². The molecule has 0 aliphatic heterocycles. The molecule has 152 valence electrons. The predicted molar refractivity (Wildman–Crippen MR) is 136 cm³/mol. The largest absolute Gasteiger partial charge is 0.506 e. The third-order valence-electron chi connectivity index (χ3n) is 4.72. The number of rotatable bonds is 4. The van der Waals surface area contributed by atoms with Crippen LogP contribution >= 0.6 is 56.8 Å². The van der Waals surface area contributed by atoms with Gasteiger partial charge in [0.15, 0.2) is 0 Å². The van der Waals surface area contributed by atoms with Gasteiger partial charge in [-0.2, -0.15) is 5.26 Å². The second-order valence-electron chi connectivity index (χ2n) is 6.90. The molecule has 3 rings (SSSR count). The van der Waals surface area contributed by atoms with E-state index in [1.54, 1.807) is 18.2 Å². The molecule has 7 heteroatoms. The summed E-state index contributed by atoms with van der Waals surface area (Å²) in [7, 11) is 0. The van der Waals surface area contributed by atoms with Crippen LogP contribution in [0.15, 0.2) is 48.5 Å². The number of phenolic OH excluding ortho intramolecular Hbond substituents is 1. The van der Waals surface area contributed by atoms with Gasteiger partial charge in [0.05, 0.1) is 21.1 Å². The van der Waals surface area contributed by atoms with Gasteiger partial charge in [0.2, 0.25) is 0 Å². The molecule has 0 saturated heterocycles. The summed E-state index contributed by atoms with van der Waals surface area (Å²) >= 11 is 10.6. The molecule has 2 N–H and O–H groups in total. The fourth-order valence-corrected chi connectivity index (χ4v) is 5.19. The number of halogens is 3. The van der Waals surface area contributed by atoms with E-state index in [-0.39, 0.29) is 11.3 Å². The second-order valence-corrected chi connectivity index (χ2v) is 9.71. The van der Waals surface area contributed by atoms with Crippen molar-refractivity contribution in [2.24, 2.45) is 0 Å². The fourth-order valence-electron chi connectivity index (χ4n) is 3.07. The van der Waals surface area contributed by atoms with Crippen LogP contribution < -0.4 is 5.32 Å². The zero-order valence-electron chi connectivity index (χ0n) is 16.1. The summed E-state index contributed by atoms with van der Waals surface area (Å²) in [5, 5.41) is 23.2. The molecule has 4 nitrogen and oxygen atoms in total. The zero-order chi connectivity index (χ0) is 22.0. The quantitative estimate of drug-likeness (QED) is 0.309. The van der Waals surface area contributed by atoms with E-state index in [9.17, 15) is 15.2 Å². The average Bonchev–Trinajstić information content (AvgIpc) is 2.70. The number of nitrogens with zero attached hydrogens (tertiary/aromatic N) is 1. The van der Waals surface area contributed by atoms with E-state index < -0.39 is 11.8 Å². The van der Waals surface area contributed by atoms with Gasteiger partial charge in [-0.3, -0.25) is 4.79 Å². The highest BCUT2D eigenvalue weighted by Gasteiger charge is 2.20. The number of aryl methyl sites for hydroxylation is 2. The monoisotopic (exact) mass is 642 g/mol. The van der Waals surface area contributed by atoms with Gasteiger partial charge in [-0.25, -0.2) is 0 Å². The Hall–Kier alpha value is -1.83. The van der Waals surface area contributed by atoms with Gasteiger partial charge < -0.3 is 10.4 Å². The van der Waals surface area contributed by atoms with Gasteiger partial charge in [-0.05, 0) is 93.9 Å². The average molecular weight is 643 g/mol. The van der Waals surface area contributed by atoms with Crippen LogP contribution in [-0.4, -0.2) is 11.0 Å². The van der Waals surface area contributed by atoms with Crippen molar-refractivity contribution in [2.45, 2.75) is 19.8 Å². The van der Waals surface area contributed by atoms with Crippen molar-refractivity contribution in [1.82, 2.24) is 0 Å². The van der Waals surface area contributed by atoms with Gasteiger partial charge in [0.1, 0.15) is 5.75 Å². The lowest BCUT2D eigenvalue weighted by Gasteiger charge is -2.16. The molecule has 0 aliphatic rings. The van der Waals surface area contributed by atoms with Crippen LogP contribution in [0.1, 0.15) is 38.5 Å². The maximum Gasteiger partial charge on any atom is 0.259 e. The molecule has 1 unspecified atom stereocenters. The van der Waals surface area contributed by atoms with E-state index >= 15 is 0 Å². The van der Waals surface area contributed by atoms with Crippen LogP contribution in [-0.2, 0) is 0 Å². The predicted octanol–water partition coefficient (Wildman–Crippen LogP) is 6.78. The lowest BCUT2D eigenvalue weighted by atomic mass is 9.90. The minimum absolute atomic E-state index is 0.0576. The van der Waals surface area contributed by atoms with Gasteiger partial charge >= 0.3 is 0 Å². The Kier molecular flexibility index (Phi) is 7.26. The van der Waals surface area contributed by atoms with E-state index in [0.29, 0.717) is 19.8 Å². The van der Waals surface area contributed by atoms with Crippen LogP contribution in [0.3, 0.4) is 0 Å². The molecular weight excluding hydrogens is 626 g/mol. The Bertz CT molecular complexity index is 1170. The molecule has 0 aliphatic carbocycles. The van der Waals surface area contributed by atoms with E-state index in [2.05, 4.69) is 34.0 Å². The maximum atomic E-state index is 12.8. The van der Waals surface area contributed by atoms with Crippen LogP contribution in [0.4, 0.5) is 5.69 Å². The molecule has 3 aromatic rings.